The van der Waals surface area contributed by atoms with E-state index in [1.807, 2.05) is 14.1 Å². The van der Waals surface area contributed by atoms with E-state index in [2.05, 4.69) is 38.7 Å². The first kappa shape index (κ1) is 20.3. The van der Waals surface area contributed by atoms with Crippen LogP contribution in [0.5, 0.6) is 0 Å². The highest BCUT2D eigenvalue weighted by atomic mass is 127. The van der Waals surface area contributed by atoms with Crippen molar-refractivity contribution in [2.24, 2.45) is 17.5 Å². The first-order valence-corrected chi connectivity index (χ1v) is 8.22. The number of aliphatic imine (C=N–C) groups is 1. The Balaban J connectivity index is 0.00000264. The number of rotatable bonds is 7. The quantitative estimate of drug-likeness (QED) is 0.394. The van der Waals surface area contributed by atoms with E-state index in [4.69, 9.17) is 4.74 Å². The smallest absolute Gasteiger partial charge is 0.191 e. The SMILES string of the molecule is CN=C(NCc1ccn(C)c1)NCC1(CCOC)CCCC1.I. The summed E-state index contributed by atoms with van der Waals surface area (Å²) in [5.41, 5.74) is 1.64. The second-order valence-electron chi connectivity index (χ2n) is 6.41. The van der Waals surface area contributed by atoms with Crippen LogP contribution in [-0.2, 0) is 18.3 Å². The van der Waals surface area contributed by atoms with Gasteiger partial charge in [-0.3, -0.25) is 4.99 Å². The van der Waals surface area contributed by atoms with Crippen LogP contribution in [-0.4, -0.2) is 37.8 Å². The predicted molar refractivity (Wildman–Crippen MR) is 106 cm³/mol. The topological polar surface area (TPSA) is 50.6 Å². The van der Waals surface area contributed by atoms with Crippen molar-refractivity contribution in [3.63, 3.8) is 0 Å². The number of guanidine groups is 1. The lowest BCUT2D eigenvalue weighted by molar-refractivity contribution is 0.138. The Hall–Kier alpha value is -0.760. The zero-order valence-corrected chi connectivity index (χ0v) is 16.9. The number of aromatic nitrogens is 1. The standard InChI is InChI=1S/C17H30N4O.HI/c1-18-16(19-12-15-6-10-21(2)13-15)20-14-17(9-11-22-3)7-4-5-8-17;/h6,10,13H,4-5,7-9,11-12,14H2,1-3H3,(H2,18,19,20);1H. The molecule has 0 saturated heterocycles. The molecule has 23 heavy (non-hydrogen) atoms. The lowest BCUT2D eigenvalue weighted by Crippen LogP contribution is -2.43. The molecular formula is C17H31IN4O. The van der Waals surface area contributed by atoms with Gasteiger partial charge in [-0.05, 0) is 36.3 Å². The molecular weight excluding hydrogens is 403 g/mol. The maximum atomic E-state index is 5.29. The van der Waals surface area contributed by atoms with Gasteiger partial charge in [0.05, 0.1) is 0 Å². The predicted octanol–water partition coefficient (Wildman–Crippen LogP) is 2.91. The van der Waals surface area contributed by atoms with Crippen molar-refractivity contribution in [2.45, 2.75) is 38.6 Å². The summed E-state index contributed by atoms with van der Waals surface area (Å²) in [5, 5.41) is 6.91. The number of aryl methyl sites for hydroxylation is 1. The molecule has 0 unspecified atom stereocenters. The summed E-state index contributed by atoms with van der Waals surface area (Å²) < 4.78 is 7.35. The first-order valence-electron chi connectivity index (χ1n) is 8.22. The van der Waals surface area contributed by atoms with Crippen molar-refractivity contribution >= 4 is 29.9 Å². The van der Waals surface area contributed by atoms with Gasteiger partial charge in [0, 0.05) is 53.3 Å². The fourth-order valence-corrected chi connectivity index (χ4v) is 3.30. The number of halogens is 1. The number of nitrogens with one attached hydrogen (secondary N) is 2. The van der Waals surface area contributed by atoms with E-state index in [0.29, 0.717) is 5.41 Å². The van der Waals surface area contributed by atoms with Gasteiger partial charge < -0.3 is 19.9 Å². The van der Waals surface area contributed by atoms with Gasteiger partial charge in [-0.2, -0.15) is 0 Å². The Morgan fingerprint density at radius 1 is 1.35 bits per heavy atom. The van der Waals surface area contributed by atoms with Crippen molar-refractivity contribution < 1.29 is 4.74 Å². The molecule has 132 valence electrons. The molecule has 0 spiro atoms. The van der Waals surface area contributed by atoms with Gasteiger partial charge in [0.25, 0.3) is 0 Å². The molecule has 0 amide bonds. The van der Waals surface area contributed by atoms with Gasteiger partial charge in [0.1, 0.15) is 0 Å². The molecule has 0 radical (unpaired) electrons. The van der Waals surface area contributed by atoms with Crippen LogP contribution < -0.4 is 10.6 Å². The van der Waals surface area contributed by atoms with Crippen LogP contribution in [0.15, 0.2) is 23.5 Å². The van der Waals surface area contributed by atoms with Gasteiger partial charge in [0.15, 0.2) is 5.96 Å². The molecule has 6 heteroatoms. The normalized spacial score (nSPS) is 16.9. The fourth-order valence-electron chi connectivity index (χ4n) is 3.30. The molecule has 1 saturated carbocycles. The van der Waals surface area contributed by atoms with Crippen molar-refractivity contribution in [2.75, 3.05) is 27.3 Å². The molecule has 5 nitrogen and oxygen atoms in total. The Morgan fingerprint density at radius 2 is 2.09 bits per heavy atom. The molecule has 1 aliphatic carbocycles. The van der Waals surface area contributed by atoms with E-state index < -0.39 is 0 Å². The molecule has 2 N–H and O–H groups in total. The third kappa shape index (κ3) is 6.33. The van der Waals surface area contributed by atoms with Crippen LogP contribution in [0, 0.1) is 5.41 Å². The molecule has 1 aromatic heterocycles. The van der Waals surface area contributed by atoms with Crippen LogP contribution in [0.25, 0.3) is 0 Å². The highest BCUT2D eigenvalue weighted by Crippen LogP contribution is 2.40. The average molecular weight is 434 g/mol. The minimum atomic E-state index is 0. The molecule has 0 bridgehead atoms. The summed E-state index contributed by atoms with van der Waals surface area (Å²) in [7, 11) is 5.66. The molecule has 0 aliphatic heterocycles. The lowest BCUT2D eigenvalue weighted by atomic mass is 9.83. The molecule has 1 aliphatic rings. The summed E-state index contributed by atoms with van der Waals surface area (Å²) in [6.45, 7) is 2.62. The van der Waals surface area contributed by atoms with Crippen molar-refractivity contribution in [1.29, 1.82) is 0 Å². The minimum absolute atomic E-state index is 0. The molecule has 0 aromatic carbocycles. The molecule has 1 fully saturated rings. The molecule has 1 aromatic rings. The minimum Gasteiger partial charge on any atom is -0.385 e. The first-order chi connectivity index (χ1) is 10.7. The van der Waals surface area contributed by atoms with E-state index in [-0.39, 0.29) is 24.0 Å². The fraction of sp³-hybridized carbons (Fsp3) is 0.706. The third-order valence-corrected chi connectivity index (χ3v) is 4.71. The van der Waals surface area contributed by atoms with Crippen LogP contribution in [0.3, 0.4) is 0 Å². The van der Waals surface area contributed by atoms with Gasteiger partial charge in [-0.15, -0.1) is 24.0 Å². The van der Waals surface area contributed by atoms with Crippen molar-refractivity contribution in [3.05, 3.63) is 24.0 Å². The number of ether oxygens (including phenoxy) is 1. The van der Waals surface area contributed by atoms with E-state index in [9.17, 15) is 0 Å². The molecule has 1 heterocycles. The van der Waals surface area contributed by atoms with E-state index in [0.717, 1.165) is 32.1 Å². The number of nitrogens with zero attached hydrogens (tertiary/aromatic N) is 2. The zero-order valence-electron chi connectivity index (χ0n) is 14.6. The lowest BCUT2D eigenvalue weighted by Gasteiger charge is -2.29. The van der Waals surface area contributed by atoms with E-state index >= 15 is 0 Å². The number of methoxy groups -OCH3 is 1. The Bertz CT molecular complexity index is 481. The number of hydrogen-bond acceptors (Lipinski definition) is 2. The Morgan fingerprint density at radius 3 is 2.65 bits per heavy atom. The van der Waals surface area contributed by atoms with Crippen molar-refractivity contribution in [1.82, 2.24) is 15.2 Å². The maximum absolute atomic E-state index is 5.29. The van der Waals surface area contributed by atoms with Gasteiger partial charge >= 0.3 is 0 Å². The highest BCUT2D eigenvalue weighted by molar-refractivity contribution is 14.0. The van der Waals surface area contributed by atoms with Gasteiger partial charge in [-0.1, -0.05) is 12.8 Å². The summed E-state index contributed by atoms with van der Waals surface area (Å²) in [6, 6.07) is 2.12. The monoisotopic (exact) mass is 434 g/mol. The van der Waals surface area contributed by atoms with Crippen LogP contribution in [0.4, 0.5) is 0 Å². The summed E-state index contributed by atoms with van der Waals surface area (Å²) in [5.74, 6) is 0.882. The summed E-state index contributed by atoms with van der Waals surface area (Å²) in [6.07, 6.45) is 10.6. The summed E-state index contributed by atoms with van der Waals surface area (Å²) >= 11 is 0. The third-order valence-electron chi connectivity index (χ3n) is 4.71. The largest absolute Gasteiger partial charge is 0.385 e. The zero-order chi connectivity index (χ0) is 15.8. The van der Waals surface area contributed by atoms with E-state index in [1.165, 1.54) is 31.2 Å². The average Bonchev–Trinajstić information content (AvgIpc) is 3.15. The van der Waals surface area contributed by atoms with E-state index in [1.54, 1.807) is 7.11 Å². The molecule has 0 atom stereocenters. The van der Waals surface area contributed by atoms with Crippen LogP contribution >= 0.6 is 24.0 Å². The van der Waals surface area contributed by atoms with Crippen LogP contribution in [0.2, 0.25) is 0 Å². The van der Waals surface area contributed by atoms with Gasteiger partial charge in [0.2, 0.25) is 0 Å². The maximum Gasteiger partial charge on any atom is 0.191 e. The second-order valence-corrected chi connectivity index (χ2v) is 6.41. The van der Waals surface area contributed by atoms with Crippen LogP contribution in [0.1, 0.15) is 37.7 Å². The Labute approximate surface area is 157 Å². The van der Waals surface area contributed by atoms with Gasteiger partial charge in [-0.25, -0.2) is 0 Å². The van der Waals surface area contributed by atoms with Crippen molar-refractivity contribution in [3.8, 4) is 0 Å². The summed E-state index contributed by atoms with van der Waals surface area (Å²) in [4.78, 5) is 4.34. The highest BCUT2D eigenvalue weighted by Gasteiger charge is 2.33. The number of hydrogen-bond donors (Lipinski definition) is 2. The molecule has 2 rings (SSSR count). The second kappa shape index (κ2) is 10.2. The Kier molecular flexibility index (Phi) is 8.98.